The lowest BCUT2D eigenvalue weighted by Gasteiger charge is -2.32. The molecule has 150 valence electrons. The van der Waals surface area contributed by atoms with Gasteiger partial charge >= 0.3 is 0 Å². The standard InChI is InChI=1S/C25H34N2O/c1-19(2)20(3)26-25(28)24-11-9-23(10-12-24)18-27-15-13-22(14-16-27)17-21-7-5-4-6-8-21/h4-12,19-20,22H,13-18H2,1-3H3,(H,26,28)/t20-/m1/s1. The third-order valence-electron chi connectivity index (χ3n) is 6.06. The van der Waals surface area contributed by atoms with Crippen LogP contribution in [0.2, 0.25) is 0 Å². The van der Waals surface area contributed by atoms with E-state index in [4.69, 9.17) is 0 Å². The van der Waals surface area contributed by atoms with E-state index < -0.39 is 0 Å². The van der Waals surface area contributed by atoms with Crippen LogP contribution < -0.4 is 5.32 Å². The summed E-state index contributed by atoms with van der Waals surface area (Å²) < 4.78 is 0. The van der Waals surface area contributed by atoms with Crippen LogP contribution in [-0.2, 0) is 13.0 Å². The van der Waals surface area contributed by atoms with Crippen LogP contribution in [0.1, 0.15) is 55.1 Å². The number of hydrogen-bond donors (Lipinski definition) is 1. The number of carbonyl (C=O) groups is 1. The molecular formula is C25H34N2O. The summed E-state index contributed by atoms with van der Waals surface area (Å²) in [4.78, 5) is 14.9. The van der Waals surface area contributed by atoms with Crippen molar-refractivity contribution in [3.63, 3.8) is 0 Å². The van der Waals surface area contributed by atoms with Crippen LogP contribution in [0.15, 0.2) is 54.6 Å². The van der Waals surface area contributed by atoms with Crippen LogP contribution in [0.3, 0.4) is 0 Å². The van der Waals surface area contributed by atoms with E-state index in [0.29, 0.717) is 5.92 Å². The second-order valence-corrected chi connectivity index (χ2v) is 8.61. The van der Waals surface area contributed by atoms with Crippen molar-refractivity contribution < 1.29 is 4.79 Å². The highest BCUT2D eigenvalue weighted by molar-refractivity contribution is 5.94. The van der Waals surface area contributed by atoms with Crippen LogP contribution in [0.4, 0.5) is 0 Å². The molecule has 0 radical (unpaired) electrons. The predicted octanol–water partition coefficient (Wildman–Crippen LogP) is 4.92. The average Bonchev–Trinajstić information content (AvgIpc) is 2.70. The molecular weight excluding hydrogens is 344 g/mol. The molecule has 1 N–H and O–H groups in total. The summed E-state index contributed by atoms with van der Waals surface area (Å²) in [5.74, 6) is 1.26. The Kier molecular flexibility index (Phi) is 7.27. The minimum absolute atomic E-state index is 0.0227. The zero-order valence-corrected chi connectivity index (χ0v) is 17.5. The van der Waals surface area contributed by atoms with Crippen molar-refractivity contribution in [2.45, 2.75) is 52.6 Å². The zero-order chi connectivity index (χ0) is 19.9. The molecule has 0 aromatic heterocycles. The Bertz CT molecular complexity index is 731. The van der Waals surface area contributed by atoms with E-state index >= 15 is 0 Å². The monoisotopic (exact) mass is 378 g/mol. The van der Waals surface area contributed by atoms with Crippen LogP contribution in [-0.4, -0.2) is 29.9 Å². The van der Waals surface area contributed by atoms with Crippen molar-refractivity contribution in [1.82, 2.24) is 10.2 Å². The molecule has 3 nitrogen and oxygen atoms in total. The fourth-order valence-corrected chi connectivity index (χ4v) is 3.77. The first kappa shape index (κ1) is 20.6. The first-order valence-corrected chi connectivity index (χ1v) is 10.7. The van der Waals surface area contributed by atoms with E-state index in [9.17, 15) is 4.79 Å². The summed E-state index contributed by atoms with van der Waals surface area (Å²) in [6, 6.07) is 19.2. The lowest BCUT2D eigenvalue weighted by Crippen LogP contribution is -2.36. The summed E-state index contributed by atoms with van der Waals surface area (Å²) >= 11 is 0. The zero-order valence-electron chi connectivity index (χ0n) is 17.5. The van der Waals surface area contributed by atoms with Gasteiger partial charge < -0.3 is 5.32 Å². The molecule has 1 heterocycles. The normalized spacial score (nSPS) is 16.9. The van der Waals surface area contributed by atoms with E-state index in [1.54, 1.807) is 0 Å². The Morgan fingerprint density at radius 3 is 2.21 bits per heavy atom. The van der Waals surface area contributed by atoms with Gasteiger partial charge in [-0.25, -0.2) is 0 Å². The molecule has 0 bridgehead atoms. The number of nitrogens with zero attached hydrogens (tertiary/aromatic N) is 1. The Morgan fingerprint density at radius 1 is 0.964 bits per heavy atom. The Hall–Kier alpha value is -2.13. The van der Waals surface area contributed by atoms with Crippen LogP contribution in [0.5, 0.6) is 0 Å². The fraction of sp³-hybridized carbons (Fsp3) is 0.480. The van der Waals surface area contributed by atoms with Gasteiger partial charge in [-0.1, -0.05) is 56.3 Å². The lowest BCUT2D eigenvalue weighted by molar-refractivity contribution is 0.0930. The van der Waals surface area contributed by atoms with Crippen LogP contribution >= 0.6 is 0 Å². The second-order valence-electron chi connectivity index (χ2n) is 8.61. The maximum atomic E-state index is 12.3. The third kappa shape index (κ3) is 5.93. The van der Waals surface area contributed by atoms with E-state index in [-0.39, 0.29) is 11.9 Å². The fourth-order valence-electron chi connectivity index (χ4n) is 3.77. The summed E-state index contributed by atoms with van der Waals surface area (Å²) in [6.07, 6.45) is 3.73. The van der Waals surface area contributed by atoms with E-state index in [2.05, 4.69) is 73.5 Å². The van der Waals surface area contributed by atoms with E-state index in [1.807, 2.05) is 12.1 Å². The number of piperidine rings is 1. The maximum Gasteiger partial charge on any atom is 0.251 e. The van der Waals surface area contributed by atoms with Gasteiger partial charge in [-0.15, -0.1) is 0 Å². The number of rotatable bonds is 7. The van der Waals surface area contributed by atoms with Crippen molar-refractivity contribution in [2.24, 2.45) is 11.8 Å². The molecule has 1 fully saturated rings. The van der Waals surface area contributed by atoms with Crippen LogP contribution in [0, 0.1) is 11.8 Å². The molecule has 2 aromatic carbocycles. The molecule has 3 heteroatoms. The van der Waals surface area contributed by atoms with E-state index in [1.165, 1.54) is 30.4 Å². The van der Waals surface area contributed by atoms with Gasteiger partial charge in [-0.2, -0.15) is 0 Å². The largest absolute Gasteiger partial charge is 0.349 e. The lowest BCUT2D eigenvalue weighted by atomic mass is 9.90. The number of benzene rings is 2. The third-order valence-corrected chi connectivity index (χ3v) is 6.06. The summed E-state index contributed by atoms with van der Waals surface area (Å²) in [7, 11) is 0. The van der Waals surface area contributed by atoms with Gasteiger partial charge in [0.2, 0.25) is 0 Å². The van der Waals surface area contributed by atoms with Gasteiger partial charge in [0.15, 0.2) is 0 Å². The smallest absolute Gasteiger partial charge is 0.251 e. The van der Waals surface area contributed by atoms with Gasteiger partial charge in [0.25, 0.3) is 5.91 Å². The molecule has 0 unspecified atom stereocenters. The van der Waals surface area contributed by atoms with Crippen molar-refractivity contribution in [3.05, 3.63) is 71.3 Å². The average molecular weight is 379 g/mol. The molecule has 1 saturated heterocycles. The van der Waals surface area contributed by atoms with Gasteiger partial charge in [0.05, 0.1) is 0 Å². The summed E-state index contributed by atoms with van der Waals surface area (Å²) in [6.45, 7) is 9.59. The highest BCUT2D eigenvalue weighted by Gasteiger charge is 2.19. The molecule has 3 rings (SSSR count). The van der Waals surface area contributed by atoms with Crippen molar-refractivity contribution in [1.29, 1.82) is 0 Å². The molecule has 1 aliphatic rings. The molecule has 1 atom stereocenters. The summed E-state index contributed by atoms with van der Waals surface area (Å²) in [5, 5.41) is 3.07. The molecule has 2 aromatic rings. The first-order chi connectivity index (χ1) is 13.5. The van der Waals surface area contributed by atoms with Crippen molar-refractivity contribution in [3.8, 4) is 0 Å². The number of likely N-dealkylation sites (tertiary alicyclic amines) is 1. The Morgan fingerprint density at radius 2 is 1.61 bits per heavy atom. The first-order valence-electron chi connectivity index (χ1n) is 10.7. The topological polar surface area (TPSA) is 32.3 Å². The van der Waals surface area contributed by atoms with Gasteiger partial charge in [-0.05, 0) is 74.4 Å². The van der Waals surface area contributed by atoms with Gasteiger partial charge in [-0.3, -0.25) is 9.69 Å². The molecule has 1 amide bonds. The number of amides is 1. The molecule has 28 heavy (non-hydrogen) atoms. The minimum atomic E-state index is 0.0227. The maximum absolute atomic E-state index is 12.3. The highest BCUT2D eigenvalue weighted by atomic mass is 16.1. The number of carbonyl (C=O) groups excluding carboxylic acids is 1. The number of hydrogen-bond acceptors (Lipinski definition) is 2. The molecule has 1 aliphatic heterocycles. The van der Waals surface area contributed by atoms with Crippen molar-refractivity contribution in [2.75, 3.05) is 13.1 Å². The second kappa shape index (κ2) is 9.88. The summed E-state index contributed by atoms with van der Waals surface area (Å²) in [5.41, 5.74) is 3.49. The van der Waals surface area contributed by atoms with Gasteiger partial charge in [0.1, 0.15) is 0 Å². The van der Waals surface area contributed by atoms with E-state index in [0.717, 1.165) is 31.1 Å². The predicted molar refractivity (Wildman–Crippen MR) is 116 cm³/mol. The van der Waals surface area contributed by atoms with Crippen molar-refractivity contribution >= 4 is 5.91 Å². The quantitative estimate of drug-likeness (QED) is 0.742. The van der Waals surface area contributed by atoms with Crippen LogP contribution in [0.25, 0.3) is 0 Å². The Labute approximate surface area is 170 Å². The minimum Gasteiger partial charge on any atom is -0.349 e. The SMILES string of the molecule is CC(C)[C@@H](C)NC(=O)c1ccc(CN2CCC(Cc3ccccc3)CC2)cc1. The van der Waals surface area contributed by atoms with Gasteiger partial charge in [0, 0.05) is 18.2 Å². The molecule has 0 aliphatic carbocycles. The Balaban J connectivity index is 1.45. The number of nitrogens with one attached hydrogen (secondary N) is 1. The molecule has 0 spiro atoms. The highest BCUT2D eigenvalue weighted by Crippen LogP contribution is 2.23. The molecule has 0 saturated carbocycles.